The lowest BCUT2D eigenvalue weighted by atomic mass is 10.2. The van der Waals surface area contributed by atoms with Gasteiger partial charge in [0, 0.05) is 12.5 Å². The van der Waals surface area contributed by atoms with Gasteiger partial charge in [0.05, 0.1) is 6.61 Å². The average molecular weight is 239 g/mol. The molecular formula is C14H19ClO. The molecule has 2 heteroatoms. The van der Waals surface area contributed by atoms with E-state index in [4.69, 9.17) is 16.3 Å². The Morgan fingerprint density at radius 1 is 1.31 bits per heavy atom. The van der Waals surface area contributed by atoms with E-state index in [-0.39, 0.29) is 0 Å². The maximum Gasteiger partial charge on any atom is 0.0716 e. The van der Waals surface area contributed by atoms with Gasteiger partial charge in [-0.1, -0.05) is 42.0 Å². The summed E-state index contributed by atoms with van der Waals surface area (Å²) in [6.07, 6.45) is 4.19. The van der Waals surface area contributed by atoms with Gasteiger partial charge in [0.15, 0.2) is 0 Å². The van der Waals surface area contributed by atoms with Crippen LogP contribution in [0.2, 0.25) is 0 Å². The molecule has 1 nitrogen and oxygen atoms in total. The molecule has 0 unspecified atom stereocenters. The van der Waals surface area contributed by atoms with E-state index in [9.17, 15) is 0 Å². The predicted octanol–water partition coefficient (Wildman–Crippen LogP) is 4.17. The number of ether oxygens (including phenoxy) is 1. The zero-order valence-corrected chi connectivity index (χ0v) is 10.5. The van der Waals surface area contributed by atoms with Gasteiger partial charge in [-0.2, -0.15) is 0 Å². The normalized spacial score (nSPS) is 11.8. The highest BCUT2D eigenvalue weighted by Gasteiger charge is 1.93. The molecule has 0 amide bonds. The van der Waals surface area contributed by atoms with Crippen molar-refractivity contribution in [1.82, 2.24) is 0 Å². The van der Waals surface area contributed by atoms with Crippen molar-refractivity contribution in [3.05, 3.63) is 47.5 Å². The van der Waals surface area contributed by atoms with Crippen LogP contribution in [-0.4, -0.2) is 12.5 Å². The van der Waals surface area contributed by atoms with E-state index in [1.165, 1.54) is 11.1 Å². The molecule has 0 aliphatic carbocycles. The molecule has 16 heavy (non-hydrogen) atoms. The number of halogens is 1. The predicted molar refractivity (Wildman–Crippen MR) is 69.8 cm³/mol. The summed E-state index contributed by atoms with van der Waals surface area (Å²) in [6, 6.07) is 10.2. The lowest BCUT2D eigenvalue weighted by Gasteiger charge is -2.04. The highest BCUT2D eigenvalue weighted by molar-refractivity contribution is 6.18. The van der Waals surface area contributed by atoms with E-state index in [0.717, 1.165) is 19.4 Å². The Morgan fingerprint density at radius 2 is 2.06 bits per heavy atom. The van der Waals surface area contributed by atoms with Gasteiger partial charge in [-0.05, 0) is 25.3 Å². The summed E-state index contributed by atoms with van der Waals surface area (Å²) in [5, 5.41) is 0. The van der Waals surface area contributed by atoms with Gasteiger partial charge < -0.3 is 4.74 Å². The van der Waals surface area contributed by atoms with Gasteiger partial charge >= 0.3 is 0 Å². The molecule has 1 aromatic carbocycles. The Balaban J connectivity index is 2.07. The quantitative estimate of drug-likeness (QED) is 0.394. The molecule has 0 aromatic heterocycles. The molecule has 0 saturated heterocycles. The summed E-state index contributed by atoms with van der Waals surface area (Å²) < 4.78 is 5.59. The summed E-state index contributed by atoms with van der Waals surface area (Å²) in [5.74, 6) is 0.608. The minimum Gasteiger partial charge on any atom is -0.377 e. The third kappa shape index (κ3) is 5.94. The van der Waals surface area contributed by atoms with Crippen LogP contribution in [0, 0.1) is 0 Å². The molecule has 0 aliphatic heterocycles. The SMILES string of the molecule is C/C(=C/CCl)CCCOCc1ccccc1. The Morgan fingerprint density at radius 3 is 2.75 bits per heavy atom. The summed E-state index contributed by atoms with van der Waals surface area (Å²) in [6.45, 7) is 3.63. The number of hydrogen-bond acceptors (Lipinski definition) is 1. The second-order valence-electron chi connectivity index (χ2n) is 3.85. The standard InChI is InChI=1S/C14H19ClO/c1-13(9-10-15)6-5-11-16-12-14-7-3-2-4-8-14/h2-4,7-9H,5-6,10-12H2,1H3/b13-9-. The highest BCUT2D eigenvalue weighted by atomic mass is 35.5. The lowest BCUT2D eigenvalue weighted by Crippen LogP contribution is -1.95. The molecular weight excluding hydrogens is 220 g/mol. The van der Waals surface area contributed by atoms with Crippen molar-refractivity contribution in [3.8, 4) is 0 Å². The smallest absolute Gasteiger partial charge is 0.0716 e. The number of hydrogen-bond donors (Lipinski definition) is 0. The van der Waals surface area contributed by atoms with Crippen LogP contribution in [0.3, 0.4) is 0 Å². The van der Waals surface area contributed by atoms with Crippen LogP contribution in [0.25, 0.3) is 0 Å². The Kier molecular flexibility index (Phi) is 6.95. The molecule has 0 heterocycles. The van der Waals surface area contributed by atoms with Crippen molar-refractivity contribution in [2.45, 2.75) is 26.4 Å². The van der Waals surface area contributed by atoms with Gasteiger partial charge in [0.2, 0.25) is 0 Å². The Hall–Kier alpha value is -0.790. The fraction of sp³-hybridized carbons (Fsp3) is 0.429. The largest absolute Gasteiger partial charge is 0.377 e. The Bertz CT molecular complexity index is 306. The fourth-order valence-electron chi connectivity index (χ4n) is 1.45. The van der Waals surface area contributed by atoms with Crippen molar-refractivity contribution < 1.29 is 4.74 Å². The molecule has 0 bridgehead atoms. The summed E-state index contributed by atoms with van der Waals surface area (Å²) >= 11 is 5.61. The zero-order chi connectivity index (χ0) is 11.6. The molecule has 0 spiro atoms. The molecule has 1 aromatic rings. The maximum atomic E-state index is 5.61. The number of allylic oxidation sites excluding steroid dienone is 2. The third-order valence-corrected chi connectivity index (χ3v) is 2.55. The van der Waals surface area contributed by atoms with Gasteiger partial charge in [0.1, 0.15) is 0 Å². The fourth-order valence-corrected chi connectivity index (χ4v) is 1.71. The van der Waals surface area contributed by atoms with E-state index >= 15 is 0 Å². The van der Waals surface area contributed by atoms with Crippen LogP contribution in [0.1, 0.15) is 25.3 Å². The van der Waals surface area contributed by atoms with Gasteiger partial charge in [-0.25, -0.2) is 0 Å². The number of benzene rings is 1. The molecule has 0 N–H and O–H groups in total. The van der Waals surface area contributed by atoms with Crippen molar-refractivity contribution in [1.29, 1.82) is 0 Å². The Labute approximate surface area is 103 Å². The second-order valence-corrected chi connectivity index (χ2v) is 4.16. The average Bonchev–Trinajstić information content (AvgIpc) is 2.30. The molecule has 0 saturated carbocycles. The molecule has 0 aliphatic rings. The minimum absolute atomic E-state index is 0.608. The maximum absolute atomic E-state index is 5.61. The second kappa shape index (κ2) is 8.37. The van der Waals surface area contributed by atoms with E-state index in [2.05, 4.69) is 25.1 Å². The molecule has 0 atom stereocenters. The van der Waals surface area contributed by atoms with E-state index in [0.29, 0.717) is 12.5 Å². The van der Waals surface area contributed by atoms with Crippen molar-refractivity contribution in [2.75, 3.05) is 12.5 Å². The highest BCUT2D eigenvalue weighted by Crippen LogP contribution is 2.06. The lowest BCUT2D eigenvalue weighted by molar-refractivity contribution is 0.118. The first-order chi connectivity index (χ1) is 7.83. The number of rotatable bonds is 7. The summed E-state index contributed by atoms with van der Waals surface area (Å²) in [4.78, 5) is 0. The van der Waals surface area contributed by atoms with Gasteiger partial charge in [-0.15, -0.1) is 11.6 Å². The number of alkyl halides is 1. The first-order valence-corrected chi connectivity index (χ1v) is 6.19. The molecule has 88 valence electrons. The zero-order valence-electron chi connectivity index (χ0n) is 9.79. The van der Waals surface area contributed by atoms with Crippen molar-refractivity contribution >= 4 is 11.6 Å². The van der Waals surface area contributed by atoms with Crippen LogP contribution in [-0.2, 0) is 11.3 Å². The van der Waals surface area contributed by atoms with Gasteiger partial charge in [-0.3, -0.25) is 0 Å². The van der Waals surface area contributed by atoms with Crippen LogP contribution < -0.4 is 0 Å². The van der Waals surface area contributed by atoms with Crippen LogP contribution in [0.5, 0.6) is 0 Å². The first kappa shape index (κ1) is 13.3. The minimum atomic E-state index is 0.608. The summed E-state index contributed by atoms with van der Waals surface area (Å²) in [7, 11) is 0. The monoisotopic (exact) mass is 238 g/mol. The molecule has 0 fully saturated rings. The summed E-state index contributed by atoms with van der Waals surface area (Å²) in [5.41, 5.74) is 2.58. The molecule has 0 radical (unpaired) electrons. The van der Waals surface area contributed by atoms with Crippen LogP contribution >= 0.6 is 11.6 Å². The van der Waals surface area contributed by atoms with E-state index in [1.807, 2.05) is 18.2 Å². The van der Waals surface area contributed by atoms with Crippen molar-refractivity contribution in [2.24, 2.45) is 0 Å². The topological polar surface area (TPSA) is 9.23 Å². The van der Waals surface area contributed by atoms with E-state index in [1.54, 1.807) is 0 Å². The van der Waals surface area contributed by atoms with Gasteiger partial charge in [0.25, 0.3) is 0 Å². The molecule has 1 rings (SSSR count). The van der Waals surface area contributed by atoms with Crippen LogP contribution in [0.15, 0.2) is 42.0 Å². The van der Waals surface area contributed by atoms with Crippen molar-refractivity contribution in [3.63, 3.8) is 0 Å². The van der Waals surface area contributed by atoms with E-state index < -0.39 is 0 Å². The van der Waals surface area contributed by atoms with Crippen LogP contribution in [0.4, 0.5) is 0 Å². The third-order valence-electron chi connectivity index (χ3n) is 2.40. The first-order valence-electron chi connectivity index (χ1n) is 5.66.